The van der Waals surface area contributed by atoms with Crippen LogP contribution < -0.4 is 4.90 Å². The molecule has 8 nitrogen and oxygen atoms in total. The lowest BCUT2D eigenvalue weighted by atomic mass is 9.91. The highest BCUT2D eigenvalue weighted by molar-refractivity contribution is 6.31. The Kier molecular flexibility index (Phi) is 6.10. The lowest BCUT2D eigenvalue weighted by molar-refractivity contribution is -0.133. The summed E-state index contributed by atoms with van der Waals surface area (Å²) < 4.78 is 0. The fraction of sp³-hybridized carbons (Fsp3) is 0.360. The predicted molar refractivity (Wildman–Crippen MR) is 133 cm³/mol. The molecule has 1 aliphatic heterocycles. The first-order valence-electron chi connectivity index (χ1n) is 11.4. The van der Waals surface area contributed by atoms with Crippen LogP contribution in [0.15, 0.2) is 48.9 Å². The molecule has 0 spiro atoms. The van der Waals surface area contributed by atoms with E-state index in [4.69, 9.17) is 11.6 Å². The van der Waals surface area contributed by atoms with E-state index in [2.05, 4.69) is 24.8 Å². The van der Waals surface area contributed by atoms with Crippen molar-refractivity contribution in [3.63, 3.8) is 0 Å². The number of likely N-dealkylation sites (N-methyl/N-ethyl adjacent to an activating group) is 1. The van der Waals surface area contributed by atoms with Gasteiger partial charge in [-0.05, 0) is 43.2 Å². The summed E-state index contributed by atoms with van der Waals surface area (Å²) in [5.74, 6) is 0.724. The molecule has 34 heavy (non-hydrogen) atoms. The number of amides is 1. The Hall–Kier alpha value is -3.23. The highest BCUT2D eigenvalue weighted by atomic mass is 35.5. The summed E-state index contributed by atoms with van der Waals surface area (Å²) in [5, 5.41) is 13.0. The van der Waals surface area contributed by atoms with Gasteiger partial charge in [-0.3, -0.25) is 14.8 Å². The van der Waals surface area contributed by atoms with E-state index >= 15 is 0 Å². The zero-order valence-electron chi connectivity index (χ0n) is 19.0. The van der Waals surface area contributed by atoms with Crippen LogP contribution in [0.25, 0.3) is 21.9 Å². The monoisotopic (exact) mass is 478 g/mol. The van der Waals surface area contributed by atoms with Crippen LogP contribution in [0.1, 0.15) is 25.1 Å². The molecule has 4 heterocycles. The maximum absolute atomic E-state index is 12.8. The van der Waals surface area contributed by atoms with Crippen molar-refractivity contribution in [2.75, 3.05) is 31.6 Å². The number of rotatable bonds is 6. The molecule has 2 N–H and O–H groups in total. The van der Waals surface area contributed by atoms with Gasteiger partial charge in [-0.25, -0.2) is 4.98 Å². The zero-order chi connectivity index (χ0) is 23.7. The Morgan fingerprint density at radius 3 is 3.03 bits per heavy atom. The number of pyridine rings is 2. The van der Waals surface area contributed by atoms with Crippen molar-refractivity contribution in [1.82, 2.24) is 24.8 Å². The number of aromatic amines is 1. The fourth-order valence-electron chi connectivity index (χ4n) is 4.80. The minimum Gasteiger partial charge on any atom is -0.386 e. The first-order chi connectivity index (χ1) is 16.4. The molecule has 1 amide bonds. The molecule has 0 saturated carbocycles. The van der Waals surface area contributed by atoms with Gasteiger partial charge in [0, 0.05) is 67.7 Å². The van der Waals surface area contributed by atoms with Crippen molar-refractivity contribution in [3.05, 3.63) is 59.8 Å². The smallest absolute Gasteiger partial charge is 0.222 e. The van der Waals surface area contributed by atoms with Gasteiger partial charge < -0.3 is 19.9 Å². The molecule has 1 atom stereocenters. The second-order valence-electron chi connectivity index (χ2n) is 9.07. The maximum Gasteiger partial charge on any atom is 0.222 e. The molecule has 3 aromatic heterocycles. The first kappa shape index (κ1) is 22.6. The number of piperidine rings is 1. The minimum atomic E-state index is -0.990. The Labute approximate surface area is 202 Å². The third kappa shape index (κ3) is 4.69. The Morgan fingerprint density at radius 2 is 2.15 bits per heavy atom. The van der Waals surface area contributed by atoms with Crippen LogP contribution in [0.5, 0.6) is 0 Å². The van der Waals surface area contributed by atoms with Crippen LogP contribution in [0.2, 0.25) is 5.02 Å². The van der Waals surface area contributed by atoms with E-state index in [1.54, 1.807) is 30.4 Å². The van der Waals surface area contributed by atoms with Crippen LogP contribution >= 0.6 is 11.6 Å². The summed E-state index contributed by atoms with van der Waals surface area (Å²) in [6.07, 6.45) is 7.62. The molecule has 5 rings (SSSR count). The number of carbonyl (C=O) groups excluding carboxylic acids is 1. The maximum atomic E-state index is 12.8. The minimum absolute atomic E-state index is 0.0254. The number of carbonyl (C=O) groups is 1. The number of nitrogens with one attached hydrogen (secondary N) is 1. The van der Waals surface area contributed by atoms with Crippen molar-refractivity contribution in [2.45, 2.75) is 31.3 Å². The summed E-state index contributed by atoms with van der Waals surface area (Å²) in [4.78, 5) is 33.1. The number of benzene rings is 1. The van der Waals surface area contributed by atoms with Gasteiger partial charge in [0.1, 0.15) is 5.82 Å². The lowest BCUT2D eigenvalue weighted by Gasteiger charge is -2.42. The van der Waals surface area contributed by atoms with Crippen molar-refractivity contribution in [2.24, 2.45) is 0 Å². The van der Waals surface area contributed by atoms with E-state index < -0.39 is 5.60 Å². The van der Waals surface area contributed by atoms with E-state index in [0.29, 0.717) is 30.8 Å². The van der Waals surface area contributed by atoms with Crippen LogP contribution in [0, 0.1) is 0 Å². The van der Waals surface area contributed by atoms with Gasteiger partial charge in [-0.15, -0.1) is 0 Å². The molecule has 4 aromatic rings. The molecule has 0 radical (unpaired) electrons. The lowest BCUT2D eigenvalue weighted by Crippen LogP contribution is -2.54. The summed E-state index contributed by atoms with van der Waals surface area (Å²) >= 11 is 6.04. The van der Waals surface area contributed by atoms with E-state index in [-0.39, 0.29) is 12.5 Å². The Bertz CT molecular complexity index is 1340. The molecule has 0 aliphatic carbocycles. The number of H-pyrrole nitrogens is 1. The van der Waals surface area contributed by atoms with Gasteiger partial charge in [-0.1, -0.05) is 11.6 Å². The molecular weight excluding hydrogens is 452 g/mol. The molecule has 0 unspecified atom stereocenters. The third-order valence-corrected chi connectivity index (χ3v) is 6.68. The molecule has 1 aromatic carbocycles. The summed E-state index contributed by atoms with van der Waals surface area (Å²) in [5.41, 5.74) is 2.59. The number of aryl methyl sites for hydroxylation is 1. The second kappa shape index (κ2) is 9.19. The van der Waals surface area contributed by atoms with Crippen LogP contribution in [0.4, 0.5) is 5.69 Å². The normalized spacial score (nSPS) is 18.5. The molecule has 1 saturated heterocycles. The number of aliphatic hydroxyl groups is 1. The number of hydrogen-bond donors (Lipinski definition) is 2. The van der Waals surface area contributed by atoms with Crippen molar-refractivity contribution < 1.29 is 9.90 Å². The second-order valence-corrected chi connectivity index (χ2v) is 9.50. The molecule has 9 heteroatoms. The highest BCUT2D eigenvalue weighted by Crippen LogP contribution is 2.31. The van der Waals surface area contributed by atoms with Crippen LogP contribution in [0.3, 0.4) is 0 Å². The third-order valence-electron chi connectivity index (χ3n) is 6.44. The molecular formula is C25H27ClN6O2. The quantitative estimate of drug-likeness (QED) is 0.439. The molecule has 1 fully saturated rings. The van der Waals surface area contributed by atoms with E-state index in [0.717, 1.165) is 46.4 Å². The zero-order valence-corrected chi connectivity index (χ0v) is 19.8. The van der Waals surface area contributed by atoms with Crippen molar-refractivity contribution in [3.8, 4) is 0 Å². The number of halogens is 1. The Balaban J connectivity index is 1.23. The Morgan fingerprint density at radius 1 is 1.26 bits per heavy atom. The average Bonchev–Trinajstić information content (AvgIpc) is 3.24. The first-order valence-corrected chi connectivity index (χ1v) is 11.8. The number of hydrogen-bond acceptors (Lipinski definition) is 6. The summed E-state index contributed by atoms with van der Waals surface area (Å²) in [7, 11) is 1.75. The van der Waals surface area contributed by atoms with E-state index in [1.165, 1.54) is 0 Å². The number of β-amino-alcohol motifs (C(OH)–C–C–N with tert-alkyl or cyclic N) is 1. The SMILES string of the molecule is CN(C[C@@]1(O)CCCN(c2ccnc3ccncc23)C1)C(=O)CCc1nc2ccc(Cl)cc2[nH]1. The highest BCUT2D eigenvalue weighted by Gasteiger charge is 2.36. The number of nitrogens with zero attached hydrogens (tertiary/aromatic N) is 5. The van der Waals surface area contributed by atoms with Gasteiger partial charge in [-0.2, -0.15) is 0 Å². The number of imidazole rings is 1. The largest absolute Gasteiger partial charge is 0.386 e. The standard InChI is InChI=1S/C25H27ClN6O2/c1-31(24(33)6-5-23-29-20-4-3-17(26)13-21(20)30-23)15-25(34)9-2-12-32(16-25)22-8-11-28-19-7-10-27-14-18(19)22/h3-4,7-8,10-11,13-14,34H,2,5-6,9,12,15-16H2,1H3,(H,29,30)/t25-/m0/s1. The number of fused-ring (bicyclic) bond motifs is 2. The topological polar surface area (TPSA) is 98.2 Å². The van der Waals surface area contributed by atoms with Crippen molar-refractivity contribution >= 4 is 45.1 Å². The van der Waals surface area contributed by atoms with Crippen LogP contribution in [-0.2, 0) is 11.2 Å². The van der Waals surface area contributed by atoms with Gasteiger partial charge in [0.15, 0.2) is 0 Å². The van der Waals surface area contributed by atoms with E-state index in [1.807, 2.05) is 30.5 Å². The summed E-state index contributed by atoms with van der Waals surface area (Å²) in [6, 6.07) is 9.34. The van der Waals surface area contributed by atoms with Gasteiger partial charge >= 0.3 is 0 Å². The molecule has 1 aliphatic rings. The van der Waals surface area contributed by atoms with Gasteiger partial charge in [0.05, 0.1) is 28.7 Å². The van der Waals surface area contributed by atoms with Gasteiger partial charge in [0.25, 0.3) is 0 Å². The fourth-order valence-corrected chi connectivity index (χ4v) is 4.97. The van der Waals surface area contributed by atoms with E-state index in [9.17, 15) is 9.90 Å². The van der Waals surface area contributed by atoms with Crippen LogP contribution in [-0.4, -0.2) is 68.1 Å². The predicted octanol–water partition coefficient (Wildman–Crippen LogP) is 3.58. The number of aromatic nitrogens is 4. The van der Waals surface area contributed by atoms with Crippen molar-refractivity contribution in [1.29, 1.82) is 0 Å². The average molecular weight is 479 g/mol. The number of anilines is 1. The molecule has 176 valence electrons. The summed E-state index contributed by atoms with van der Waals surface area (Å²) in [6.45, 7) is 1.56. The molecule has 0 bridgehead atoms. The van der Waals surface area contributed by atoms with Gasteiger partial charge in [0.2, 0.25) is 5.91 Å².